The van der Waals surface area contributed by atoms with Gasteiger partial charge in [0.15, 0.2) is 0 Å². The molecule has 2 heterocycles. The Morgan fingerprint density at radius 1 is 0.833 bits per heavy atom. The molecule has 1 fully saturated rings. The van der Waals surface area contributed by atoms with Gasteiger partial charge in [0, 0.05) is 19.6 Å². The van der Waals surface area contributed by atoms with E-state index >= 15 is 0 Å². The zero-order chi connectivity index (χ0) is 21.3. The standard InChI is InChI=1S/C25H36N2O3/c1-3-4-5-6-7-8-9-10-15-27-24(28)22(21-13-11-20(2)12-14-21)23(25(27)29)26-16-18-30-19-17-26/h11-14H,3-10,15-19H2,1-2H3. The van der Waals surface area contributed by atoms with Gasteiger partial charge >= 0.3 is 0 Å². The molecule has 0 N–H and O–H groups in total. The van der Waals surface area contributed by atoms with Crippen LogP contribution < -0.4 is 0 Å². The quantitative estimate of drug-likeness (QED) is 0.395. The molecule has 0 bridgehead atoms. The number of amides is 2. The highest BCUT2D eigenvalue weighted by Gasteiger charge is 2.41. The van der Waals surface area contributed by atoms with Gasteiger partial charge < -0.3 is 9.64 Å². The monoisotopic (exact) mass is 412 g/mol. The van der Waals surface area contributed by atoms with E-state index in [1.54, 1.807) is 0 Å². The number of hydrogen-bond acceptors (Lipinski definition) is 4. The van der Waals surface area contributed by atoms with Crippen LogP contribution in [0.2, 0.25) is 0 Å². The Bertz CT molecular complexity index is 748. The molecule has 1 saturated heterocycles. The van der Waals surface area contributed by atoms with Crippen molar-refractivity contribution in [1.29, 1.82) is 0 Å². The first-order chi connectivity index (χ1) is 14.6. The topological polar surface area (TPSA) is 49.9 Å². The largest absolute Gasteiger partial charge is 0.378 e. The number of unbranched alkanes of at least 4 members (excludes halogenated alkanes) is 7. The van der Waals surface area contributed by atoms with Crippen LogP contribution in [0.4, 0.5) is 0 Å². The van der Waals surface area contributed by atoms with E-state index in [9.17, 15) is 9.59 Å². The normalized spacial score (nSPS) is 17.4. The number of ether oxygens (including phenoxy) is 1. The lowest BCUT2D eigenvalue weighted by molar-refractivity contribution is -0.137. The van der Waals surface area contributed by atoms with Crippen LogP contribution in [0.1, 0.15) is 69.4 Å². The van der Waals surface area contributed by atoms with Crippen molar-refractivity contribution in [1.82, 2.24) is 9.80 Å². The first-order valence-electron chi connectivity index (χ1n) is 11.6. The van der Waals surface area contributed by atoms with E-state index in [1.807, 2.05) is 36.1 Å². The maximum atomic E-state index is 13.3. The lowest BCUT2D eigenvalue weighted by Gasteiger charge is -2.29. The summed E-state index contributed by atoms with van der Waals surface area (Å²) in [7, 11) is 0. The number of morpholine rings is 1. The summed E-state index contributed by atoms with van der Waals surface area (Å²) in [6.07, 6.45) is 9.54. The third-order valence-corrected chi connectivity index (χ3v) is 6.05. The van der Waals surface area contributed by atoms with Crippen LogP contribution in [0.3, 0.4) is 0 Å². The summed E-state index contributed by atoms with van der Waals surface area (Å²) in [4.78, 5) is 30.1. The smallest absolute Gasteiger partial charge is 0.277 e. The number of carbonyl (C=O) groups is 2. The zero-order valence-corrected chi connectivity index (χ0v) is 18.6. The maximum Gasteiger partial charge on any atom is 0.277 e. The number of hydrogen-bond donors (Lipinski definition) is 0. The molecule has 1 aromatic carbocycles. The fraction of sp³-hybridized carbons (Fsp3) is 0.600. The molecule has 0 radical (unpaired) electrons. The zero-order valence-electron chi connectivity index (χ0n) is 18.6. The maximum absolute atomic E-state index is 13.3. The number of carbonyl (C=O) groups excluding carboxylic acids is 2. The molecule has 3 rings (SSSR count). The van der Waals surface area contributed by atoms with Crippen molar-refractivity contribution in [3.63, 3.8) is 0 Å². The van der Waals surface area contributed by atoms with Crippen molar-refractivity contribution in [3.05, 3.63) is 41.1 Å². The van der Waals surface area contributed by atoms with Crippen molar-refractivity contribution in [2.24, 2.45) is 0 Å². The van der Waals surface area contributed by atoms with Gasteiger partial charge in [-0.1, -0.05) is 81.7 Å². The van der Waals surface area contributed by atoms with Gasteiger partial charge in [-0.15, -0.1) is 0 Å². The van der Waals surface area contributed by atoms with E-state index in [1.165, 1.54) is 43.4 Å². The van der Waals surface area contributed by atoms with Gasteiger partial charge in [0.1, 0.15) is 5.70 Å². The molecule has 5 nitrogen and oxygen atoms in total. The molecule has 5 heteroatoms. The summed E-state index contributed by atoms with van der Waals surface area (Å²) in [6, 6.07) is 7.91. The van der Waals surface area contributed by atoms with E-state index in [0.717, 1.165) is 24.0 Å². The molecule has 2 aliphatic rings. The second kappa shape index (κ2) is 11.3. The summed E-state index contributed by atoms with van der Waals surface area (Å²) in [5.41, 5.74) is 3.09. The highest BCUT2D eigenvalue weighted by Crippen LogP contribution is 2.32. The molecule has 2 aliphatic heterocycles. The minimum atomic E-state index is -0.145. The molecule has 0 aromatic heterocycles. The molecule has 0 aliphatic carbocycles. The Morgan fingerprint density at radius 3 is 2.07 bits per heavy atom. The van der Waals surface area contributed by atoms with Crippen molar-refractivity contribution in [2.75, 3.05) is 32.8 Å². The van der Waals surface area contributed by atoms with Crippen molar-refractivity contribution in [3.8, 4) is 0 Å². The van der Waals surface area contributed by atoms with Crippen LogP contribution in [-0.2, 0) is 14.3 Å². The van der Waals surface area contributed by atoms with Gasteiger partial charge in [0.2, 0.25) is 0 Å². The predicted molar refractivity (Wildman–Crippen MR) is 120 cm³/mol. The van der Waals surface area contributed by atoms with Crippen LogP contribution in [0, 0.1) is 6.92 Å². The first kappa shape index (κ1) is 22.5. The Kier molecular flexibility index (Phi) is 8.50. The summed E-state index contributed by atoms with van der Waals surface area (Å²) < 4.78 is 5.46. The SMILES string of the molecule is CCCCCCCCCCN1C(=O)C(c2ccc(C)cc2)=C(N2CCOCC2)C1=O. The lowest BCUT2D eigenvalue weighted by atomic mass is 10.0. The van der Waals surface area contributed by atoms with E-state index in [0.29, 0.717) is 44.1 Å². The fourth-order valence-corrected chi connectivity index (χ4v) is 4.23. The average Bonchev–Trinajstić information content (AvgIpc) is 3.01. The first-order valence-corrected chi connectivity index (χ1v) is 11.6. The van der Waals surface area contributed by atoms with E-state index < -0.39 is 0 Å². The second-order valence-corrected chi connectivity index (χ2v) is 8.43. The number of nitrogens with zero attached hydrogens (tertiary/aromatic N) is 2. The van der Waals surface area contributed by atoms with Gasteiger partial charge in [-0.3, -0.25) is 14.5 Å². The number of aryl methyl sites for hydroxylation is 1. The Labute approximate surface area is 181 Å². The minimum absolute atomic E-state index is 0.138. The van der Waals surface area contributed by atoms with Crippen molar-refractivity contribution < 1.29 is 14.3 Å². The fourth-order valence-electron chi connectivity index (χ4n) is 4.23. The van der Waals surface area contributed by atoms with Gasteiger partial charge in [0.25, 0.3) is 11.8 Å². The number of rotatable bonds is 11. The van der Waals surface area contributed by atoms with Gasteiger partial charge in [-0.05, 0) is 18.9 Å². The van der Waals surface area contributed by atoms with Gasteiger partial charge in [0.05, 0.1) is 18.8 Å². The summed E-state index contributed by atoms with van der Waals surface area (Å²) in [5.74, 6) is -0.284. The summed E-state index contributed by atoms with van der Waals surface area (Å²) in [5, 5.41) is 0. The minimum Gasteiger partial charge on any atom is -0.378 e. The summed E-state index contributed by atoms with van der Waals surface area (Å²) >= 11 is 0. The van der Waals surface area contributed by atoms with Gasteiger partial charge in [-0.25, -0.2) is 0 Å². The number of imide groups is 1. The van der Waals surface area contributed by atoms with Crippen molar-refractivity contribution in [2.45, 2.75) is 65.2 Å². The summed E-state index contributed by atoms with van der Waals surface area (Å²) in [6.45, 7) is 7.24. The molecule has 164 valence electrons. The molecular weight excluding hydrogens is 376 g/mol. The lowest BCUT2D eigenvalue weighted by Crippen LogP contribution is -2.40. The molecule has 0 saturated carbocycles. The van der Waals surface area contributed by atoms with E-state index in [4.69, 9.17) is 4.74 Å². The molecule has 0 unspecified atom stereocenters. The Morgan fingerprint density at radius 2 is 1.43 bits per heavy atom. The predicted octanol–water partition coefficient (Wildman–Crippen LogP) is 4.55. The Balaban J connectivity index is 1.66. The molecule has 1 aromatic rings. The van der Waals surface area contributed by atoms with Crippen molar-refractivity contribution >= 4 is 17.4 Å². The molecule has 2 amide bonds. The highest BCUT2D eigenvalue weighted by molar-refractivity contribution is 6.35. The highest BCUT2D eigenvalue weighted by atomic mass is 16.5. The average molecular weight is 413 g/mol. The number of benzene rings is 1. The van der Waals surface area contributed by atoms with E-state index in [2.05, 4.69) is 6.92 Å². The van der Waals surface area contributed by atoms with Gasteiger partial charge in [-0.2, -0.15) is 0 Å². The third-order valence-electron chi connectivity index (χ3n) is 6.05. The van der Waals surface area contributed by atoms with Crippen LogP contribution >= 0.6 is 0 Å². The second-order valence-electron chi connectivity index (χ2n) is 8.43. The molecule has 30 heavy (non-hydrogen) atoms. The molecule has 0 atom stereocenters. The van der Waals surface area contributed by atoms with Crippen LogP contribution in [0.15, 0.2) is 30.0 Å². The Hall–Kier alpha value is -2.14. The molecular formula is C25H36N2O3. The van der Waals surface area contributed by atoms with E-state index in [-0.39, 0.29) is 11.8 Å². The third kappa shape index (κ3) is 5.51. The van der Waals surface area contributed by atoms with Crippen LogP contribution in [0.25, 0.3) is 5.57 Å². The van der Waals surface area contributed by atoms with Crippen LogP contribution in [-0.4, -0.2) is 54.5 Å². The van der Waals surface area contributed by atoms with Crippen LogP contribution in [0.5, 0.6) is 0 Å². The molecule has 0 spiro atoms.